The van der Waals surface area contributed by atoms with Crippen molar-refractivity contribution in [1.29, 1.82) is 0 Å². The highest BCUT2D eigenvalue weighted by Crippen LogP contribution is 2.18. The van der Waals surface area contributed by atoms with Gasteiger partial charge in [0.25, 0.3) is 5.91 Å². The lowest BCUT2D eigenvalue weighted by Crippen LogP contribution is -2.21. The number of phenolic OH excluding ortho intramolecular Hbond substituents is 1. The zero-order valence-electron chi connectivity index (χ0n) is 12.0. The van der Waals surface area contributed by atoms with E-state index in [-0.39, 0.29) is 28.3 Å². The molecule has 3 N–H and O–H groups in total. The summed E-state index contributed by atoms with van der Waals surface area (Å²) in [6.07, 6.45) is 1.14. The van der Waals surface area contributed by atoms with Crippen molar-refractivity contribution < 1.29 is 19.4 Å². The van der Waals surface area contributed by atoms with Crippen LogP contribution in [0.25, 0.3) is 0 Å². The number of hydrazone groups is 1. The average Bonchev–Trinajstić information content (AvgIpc) is 2.49. The van der Waals surface area contributed by atoms with E-state index in [1.54, 1.807) is 6.92 Å². The van der Waals surface area contributed by atoms with E-state index in [0.29, 0.717) is 5.56 Å². The van der Waals surface area contributed by atoms with E-state index in [1.807, 2.05) is 0 Å². The van der Waals surface area contributed by atoms with Gasteiger partial charge in [-0.25, -0.2) is 10.2 Å². The summed E-state index contributed by atoms with van der Waals surface area (Å²) in [5.74, 6) is -0.717. The van der Waals surface area contributed by atoms with Crippen LogP contribution in [0.5, 0.6) is 11.5 Å². The second-order valence-electron chi connectivity index (χ2n) is 4.61. The fourth-order valence-electron chi connectivity index (χ4n) is 1.74. The summed E-state index contributed by atoms with van der Waals surface area (Å²) in [5.41, 5.74) is 2.20. The van der Waals surface area contributed by atoms with E-state index < -0.39 is 11.5 Å². The van der Waals surface area contributed by atoms with Crippen LogP contribution >= 0.6 is 0 Å². The van der Waals surface area contributed by atoms with Crippen molar-refractivity contribution in [3.8, 4) is 11.5 Å². The maximum Gasteiger partial charge on any atom is 0.348 e. The first kappa shape index (κ1) is 15.3. The minimum Gasteiger partial charge on any atom is -0.508 e. The van der Waals surface area contributed by atoms with Crippen LogP contribution in [0.3, 0.4) is 0 Å². The number of rotatable bonds is 3. The van der Waals surface area contributed by atoms with E-state index in [2.05, 4.69) is 10.5 Å². The van der Waals surface area contributed by atoms with Crippen LogP contribution in [-0.2, 0) is 0 Å². The lowest BCUT2D eigenvalue weighted by atomic mass is 10.1. The van der Waals surface area contributed by atoms with Crippen LogP contribution in [0.2, 0.25) is 0 Å². The summed E-state index contributed by atoms with van der Waals surface area (Å²) in [6.45, 7) is 3.03. The van der Waals surface area contributed by atoms with Gasteiger partial charge in [0.2, 0.25) is 0 Å². The van der Waals surface area contributed by atoms with Crippen molar-refractivity contribution in [2.45, 2.75) is 13.8 Å². The van der Waals surface area contributed by atoms with Crippen molar-refractivity contribution in [2.24, 2.45) is 5.10 Å². The Morgan fingerprint density at radius 1 is 1.23 bits per heavy atom. The predicted molar refractivity (Wildman–Crippen MR) is 79.2 cm³/mol. The van der Waals surface area contributed by atoms with Gasteiger partial charge in [0, 0.05) is 11.1 Å². The largest absolute Gasteiger partial charge is 0.508 e. The minimum absolute atomic E-state index is 0.0403. The molecule has 0 atom stereocenters. The average molecular weight is 302 g/mol. The highest BCUT2D eigenvalue weighted by atomic mass is 16.4. The molecule has 0 aliphatic carbocycles. The SMILES string of the molecule is CC(=NNC(=O)c1ccc(O)cc1)c1c(O)c(C)coc1=O. The van der Waals surface area contributed by atoms with Gasteiger partial charge in [-0.2, -0.15) is 5.10 Å². The maximum absolute atomic E-state index is 11.9. The molecule has 0 unspecified atom stereocenters. The fraction of sp³-hybridized carbons (Fsp3) is 0.133. The monoisotopic (exact) mass is 302 g/mol. The Kier molecular flexibility index (Phi) is 4.26. The minimum atomic E-state index is -0.747. The molecular weight excluding hydrogens is 288 g/mol. The third-order valence-corrected chi connectivity index (χ3v) is 2.97. The molecule has 22 heavy (non-hydrogen) atoms. The summed E-state index contributed by atoms with van der Waals surface area (Å²) < 4.78 is 4.76. The summed E-state index contributed by atoms with van der Waals surface area (Å²) >= 11 is 0. The molecule has 0 aliphatic rings. The number of benzene rings is 1. The Labute approximate surface area is 125 Å². The highest BCUT2D eigenvalue weighted by Gasteiger charge is 2.14. The lowest BCUT2D eigenvalue weighted by Gasteiger charge is -2.05. The van der Waals surface area contributed by atoms with Crippen molar-refractivity contribution in [3.05, 3.63) is 57.6 Å². The normalized spacial score (nSPS) is 11.3. The number of carbonyl (C=O) groups excluding carboxylic acids is 1. The van der Waals surface area contributed by atoms with Crippen LogP contribution in [0.4, 0.5) is 0 Å². The molecular formula is C15H14N2O5. The molecule has 0 saturated carbocycles. The topological polar surface area (TPSA) is 112 Å². The van der Waals surface area contributed by atoms with Gasteiger partial charge in [-0.15, -0.1) is 0 Å². The Balaban J connectivity index is 2.24. The molecule has 0 radical (unpaired) electrons. The zero-order chi connectivity index (χ0) is 16.3. The Hall–Kier alpha value is -3.09. The van der Waals surface area contributed by atoms with Gasteiger partial charge in [-0.05, 0) is 38.1 Å². The molecule has 1 aromatic heterocycles. The number of nitrogens with one attached hydrogen (secondary N) is 1. The smallest absolute Gasteiger partial charge is 0.348 e. The quantitative estimate of drug-likeness (QED) is 0.587. The Morgan fingerprint density at radius 2 is 1.86 bits per heavy atom. The summed E-state index contributed by atoms with van der Waals surface area (Å²) in [4.78, 5) is 23.5. The first-order valence-electron chi connectivity index (χ1n) is 6.35. The molecule has 1 aromatic carbocycles. The first-order valence-corrected chi connectivity index (χ1v) is 6.35. The van der Waals surface area contributed by atoms with E-state index >= 15 is 0 Å². The van der Waals surface area contributed by atoms with Gasteiger partial charge < -0.3 is 14.6 Å². The molecule has 0 fully saturated rings. The van der Waals surface area contributed by atoms with Crippen LogP contribution in [0.15, 0.2) is 44.8 Å². The molecule has 0 bridgehead atoms. The second kappa shape index (κ2) is 6.13. The number of aryl methyl sites for hydroxylation is 1. The molecule has 0 spiro atoms. The lowest BCUT2D eigenvalue weighted by molar-refractivity contribution is 0.0955. The number of amides is 1. The van der Waals surface area contributed by atoms with Crippen LogP contribution < -0.4 is 11.1 Å². The third kappa shape index (κ3) is 3.14. The van der Waals surface area contributed by atoms with E-state index in [0.717, 1.165) is 6.26 Å². The van der Waals surface area contributed by atoms with Crippen LogP contribution in [0, 0.1) is 6.92 Å². The summed E-state index contributed by atoms with van der Waals surface area (Å²) in [5, 5.41) is 22.8. The van der Waals surface area contributed by atoms with Crippen LogP contribution in [-0.4, -0.2) is 21.8 Å². The van der Waals surface area contributed by atoms with Gasteiger partial charge >= 0.3 is 5.63 Å². The van der Waals surface area contributed by atoms with Gasteiger partial charge in [0.15, 0.2) is 0 Å². The van der Waals surface area contributed by atoms with Gasteiger partial charge in [-0.1, -0.05) is 0 Å². The summed E-state index contributed by atoms with van der Waals surface area (Å²) in [6, 6.07) is 5.58. The van der Waals surface area contributed by atoms with E-state index in [9.17, 15) is 14.7 Å². The highest BCUT2D eigenvalue weighted by molar-refractivity contribution is 6.02. The first-order chi connectivity index (χ1) is 10.4. The third-order valence-electron chi connectivity index (χ3n) is 2.97. The van der Waals surface area contributed by atoms with E-state index in [4.69, 9.17) is 9.52 Å². The molecule has 2 rings (SSSR count). The van der Waals surface area contributed by atoms with Gasteiger partial charge in [0.05, 0.1) is 5.71 Å². The summed E-state index contributed by atoms with van der Waals surface area (Å²) in [7, 11) is 0. The fourth-order valence-corrected chi connectivity index (χ4v) is 1.74. The molecule has 114 valence electrons. The Bertz CT molecular complexity index is 791. The number of phenols is 1. The van der Waals surface area contributed by atoms with Crippen LogP contribution in [0.1, 0.15) is 28.4 Å². The number of carbonyl (C=O) groups is 1. The molecule has 0 aliphatic heterocycles. The van der Waals surface area contributed by atoms with Crippen molar-refractivity contribution in [3.63, 3.8) is 0 Å². The molecule has 1 heterocycles. The van der Waals surface area contributed by atoms with Gasteiger partial charge in [0.1, 0.15) is 23.3 Å². The molecule has 1 amide bonds. The standard InChI is InChI=1S/C15H14N2O5/c1-8-7-22-15(21)12(13(8)19)9(2)16-17-14(20)10-3-5-11(18)6-4-10/h3-7,18-19H,1-2H3,(H,17,20). The molecule has 2 aromatic rings. The predicted octanol–water partition coefficient (Wildman–Crippen LogP) is 1.51. The van der Waals surface area contributed by atoms with Gasteiger partial charge in [-0.3, -0.25) is 4.79 Å². The number of hydrogen-bond donors (Lipinski definition) is 3. The molecule has 7 nitrogen and oxygen atoms in total. The van der Waals surface area contributed by atoms with Crippen molar-refractivity contribution >= 4 is 11.6 Å². The second-order valence-corrected chi connectivity index (χ2v) is 4.61. The molecule has 7 heteroatoms. The van der Waals surface area contributed by atoms with Crippen molar-refractivity contribution in [2.75, 3.05) is 0 Å². The zero-order valence-corrected chi connectivity index (χ0v) is 12.0. The van der Waals surface area contributed by atoms with Crippen molar-refractivity contribution in [1.82, 2.24) is 5.43 Å². The molecule has 0 saturated heterocycles. The van der Waals surface area contributed by atoms with E-state index in [1.165, 1.54) is 31.2 Å². The number of aromatic hydroxyl groups is 2. The number of hydrogen-bond acceptors (Lipinski definition) is 6. The number of nitrogens with zero attached hydrogens (tertiary/aromatic N) is 1. The maximum atomic E-state index is 11.9. The Morgan fingerprint density at radius 3 is 2.50 bits per heavy atom.